The molecular formula is C16H14N4O3S. The molecule has 0 aliphatic carbocycles. The van der Waals surface area contributed by atoms with Gasteiger partial charge in [-0.05, 0) is 36.4 Å². The van der Waals surface area contributed by atoms with Crippen molar-refractivity contribution in [3.63, 3.8) is 0 Å². The number of aromatic nitrogens is 2. The van der Waals surface area contributed by atoms with E-state index < -0.39 is 15.9 Å². The molecule has 0 aliphatic heterocycles. The first-order chi connectivity index (χ1) is 11.5. The van der Waals surface area contributed by atoms with Crippen LogP contribution in [0.5, 0.6) is 0 Å². The Hall–Kier alpha value is -3.13. The van der Waals surface area contributed by atoms with Gasteiger partial charge in [0.15, 0.2) is 0 Å². The van der Waals surface area contributed by atoms with Crippen LogP contribution in [0.1, 0.15) is 10.4 Å². The molecule has 0 unspecified atom stereocenters. The molecule has 0 fully saturated rings. The van der Waals surface area contributed by atoms with Crippen LogP contribution >= 0.6 is 0 Å². The van der Waals surface area contributed by atoms with Crippen LogP contribution in [-0.4, -0.2) is 24.1 Å². The van der Waals surface area contributed by atoms with Gasteiger partial charge < -0.3 is 5.73 Å². The van der Waals surface area contributed by atoms with E-state index >= 15 is 0 Å². The lowest BCUT2D eigenvalue weighted by Gasteiger charge is -2.06. The summed E-state index contributed by atoms with van der Waals surface area (Å²) < 4.78 is 28.7. The summed E-state index contributed by atoms with van der Waals surface area (Å²) in [6.45, 7) is 0. The Bertz CT molecular complexity index is 964. The van der Waals surface area contributed by atoms with Crippen LogP contribution in [0.15, 0.2) is 71.9 Å². The zero-order chi connectivity index (χ0) is 17.2. The van der Waals surface area contributed by atoms with Crippen molar-refractivity contribution >= 4 is 21.6 Å². The summed E-state index contributed by atoms with van der Waals surface area (Å²) in [5, 5.41) is 4.07. The number of carbonyl (C=O) groups excluding carboxylic acids is 1. The van der Waals surface area contributed by atoms with Crippen LogP contribution in [0.3, 0.4) is 0 Å². The minimum atomic E-state index is -3.78. The molecular weight excluding hydrogens is 328 g/mol. The number of nitrogens with one attached hydrogen (secondary N) is 1. The number of nitrogens with zero attached hydrogens (tertiary/aromatic N) is 2. The number of para-hydroxylation sites is 1. The van der Waals surface area contributed by atoms with Crippen molar-refractivity contribution in [2.24, 2.45) is 5.73 Å². The number of anilines is 1. The lowest BCUT2D eigenvalue weighted by atomic mass is 10.2. The molecule has 7 nitrogen and oxygen atoms in total. The summed E-state index contributed by atoms with van der Waals surface area (Å²) in [6.07, 6.45) is 2.70. The van der Waals surface area contributed by atoms with Crippen molar-refractivity contribution in [1.29, 1.82) is 0 Å². The van der Waals surface area contributed by atoms with Gasteiger partial charge in [-0.15, -0.1) is 0 Å². The SMILES string of the molecule is NC(=O)c1ccc(NS(=O)(=O)c2cnn(-c3ccccc3)c2)cc1. The third-order valence-electron chi connectivity index (χ3n) is 3.31. The van der Waals surface area contributed by atoms with E-state index in [-0.39, 0.29) is 4.90 Å². The maximum atomic E-state index is 12.4. The molecule has 0 spiro atoms. The van der Waals surface area contributed by atoms with E-state index in [0.29, 0.717) is 11.3 Å². The van der Waals surface area contributed by atoms with Gasteiger partial charge in [-0.1, -0.05) is 18.2 Å². The first-order valence-corrected chi connectivity index (χ1v) is 8.47. The van der Waals surface area contributed by atoms with E-state index in [1.807, 2.05) is 30.3 Å². The van der Waals surface area contributed by atoms with Crippen molar-refractivity contribution < 1.29 is 13.2 Å². The maximum Gasteiger partial charge on any atom is 0.265 e. The number of nitrogens with two attached hydrogens (primary N) is 1. The Morgan fingerprint density at radius 3 is 2.33 bits per heavy atom. The number of benzene rings is 2. The van der Waals surface area contributed by atoms with E-state index in [4.69, 9.17) is 5.73 Å². The van der Waals surface area contributed by atoms with Crippen LogP contribution in [0.25, 0.3) is 5.69 Å². The van der Waals surface area contributed by atoms with Crippen LogP contribution in [0.4, 0.5) is 5.69 Å². The van der Waals surface area contributed by atoms with Gasteiger partial charge >= 0.3 is 0 Å². The van der Waals surface area contributed by atoms with Gasteiger partial charge in [-0.25, -0.2) is 13.1 Å². The van der Waals surface area contributed by atoms with E-state index in [1.54, 1.807) is 0 Å². The molecule has 0 saturated heterocycles. The van der Waals surface area contributed by atoms with E-state index in [9.17, 15) is 13.2 Å². The van der Waals surface area contributed by atoms with Crippen LogP contribution in [-0.2, 0) is 10.0 Å². The van der Waals surface area contributed by atoms with Gasteiger partial charge in [-0.2, -0.15) is 5.10 Å². The van der Waals surface area contributed by atoms with Crippen molar-refractivity contribution in [3.8, 4) is 5.69 Å². The Balaban J connectivity index is 1.83. The van der Waals surface area contributed by atoms with Crippen molar-refractivity contribution in [1.82, 2.24) is 9.78 Å². The van der Waals surface area contributed by atoms with Gasteiger partial charge in [0.25, 0.3) is 10.0 Å². The Kier molecular flexibility index (Phi) is 4.05. The molecule has 0 radical (unpaired) electrons. The number of sulfonamides is 1. The highest BCUT2D eigenvalue weighted by Gasteiger charge is 2.17. The third-order valence-corrected chi connectivity index (χ3v) is 4.65. The van der Waals surface area contributed by atoms with Gasteiger partial charge in [0.2, 0.25) is 5.91 Å². The summed E-state index contributed by atoms with van der Waals surface area (Å²) in [7, 11) is -3.78. The zero-order valence-corrected chi connectivity index (χ0v) is 13.3. The molecule has 1 amide bonds. The number of amides is 1. The van der Waals surface area contributed by atoms with Crippen LogP contribution in [0.2, 0.25) is 0 Å². The third kappa shape index (κ3) is 3.28. The fourth-order valence-corrected chi connectivity index (χ4v) is 3.07. The van der Waals surface area contributed by atoms with Crippen molar-refractivity contribution in [3.05, 3.63) is 72.6 Å². The second kappa shape index (κ2) is 6.17. The highest BCUT2D eigenvalue weighted by molar-refractivity contribution is 7.92. The zero-order valence-electron chi connectivity index (χ0n) is 12.5. The average molecular weight is 342 g/mol. The highest BCUT2D eigenvalue weighted by atomic mass is 32.2. The molecule has 1 aromatic heterocycles. The molecule has 2 aromatic carbocycles. The predicted molar refractivity (Wildman–Crippen MR) is 89.3 cm³/mol. The van der Waals surface area contributed by atoms with Crippen molar-refractivity contribution in [2.75, 3.05) is 4.72 Å². The smallest absolute Gasteiger partial charge is 0.265 e. The molecule has 0 aliphatic rings. The Morgan fingerprint density at radius 1 is 1.04 bits per heavy atom. The van der Waals surface area contributed by atoms with Gasteiger partial charge in [0, 0.05) is 11.3 Å². The number of hydrogen-bond donors (Lipinski definition) is 2. The van der Waals surface area contributed by atoms with Crippen LogP contribution in [0, 0.1) is 0 Å². The molecule has 0 bridgehead atoms. The topological polar surface area (TPSA) is 107 Å². The van der Waals surface area contributed by atoms with Gasteiger partial charge in [0.1, 0.15) is 4.90 Å². The molecule has 8 heteroatoms. The normalized spacial score (nSPS) is 11.2. The monoisotopic (exact) mass is 342 g/mol. The maximum absolute atomic E-state index is 12.4. The summed E-state index contributed by atoms with van der Waals surface area (Å²) >= 11 is 0. The molecule has 3 N–H and O–H groups in total. The standard InChI is InChI=1S/C16H14N4O3S/c17-16(21)12-6-8-13(9-7-12)19-24(22,23)15-10-18-20(11-15)14-4-2-1-3-5-14/h1-11,19H,(H2,17,21). The summed E-state index contributed by atoms with van der Waals surface area (Å²) in [5.74, 6) is -0.575. The fourth-order valence-electron chi connectivity index (χ4n) is 2.08. The van der Waals surface area contributed by atoms with Crippen molar-refractivity contribution in [2.45, 2.75) is 4.90 Å². The number of hydrogen-bond acceptors (Lipinski definition) is 4. The minimum Gasteiger partial charge on any atom is -0.366 e. The van der Waals surface area contributed by atoms with Crippen LogP contribution < -0.4 is 10.5 Å². The van der Waals surface area contributed by atoms with Gasteiger partial charge in [-0.3, -0.25) is 9.52 Å². The summed E-state index contributed by atoms with van der Waals surface area (Å²) in [6, 6.07) is 15.0. The first-order valence-electron chi connectivity index (χ1n) is 6.98. The molecule has 0 atom stereocenters. The lowest BCUT2D eigenvalue weighted by Crippen LogP contribution is -2.13. The molecule has 1 heterocycles. The largest absolute Gasteiger partial charge is 0.366 e. The minimum absolute atomic E-state index is 0.0327. The average Bonchev–Trinajstić information content (AvgIpc) is 3.07. The highest BCUT2D eigenvalue weighted by Crippen LogP contribution is 2.17. The Morgan fingerprint density at radius 2 is 1.71 bits per heavy atom. The molecule has 3 rings (SSSR count). The lowest BCUT2D eigenvalue weighted by molar-refractivity contribution is 0.100. The molecule has 122 valence electrons. The van der Waals surface area contributed by atoms with E-state index in [2.05, 4.69) is 9.82 Å². The molecule has 3 aromatic rings. The summed E-state index contributed by atoms with van der Waals surface area (Å²) in [4.78, 5) is 11.1. The van der Waals surface area contributed by atoms with E-state index in [1.165, 1.54) is 41.3 Å². The number of rotatable bonds is 5. The first kappa shape index (κ1) is 15.8. The fraction of sp³-hybridized carbons (Fsp3) is 0. The number of carbonyl (C=O) groups is 1. The quantitative estimate of drug-likeness (QED) is 0.737. The van der Waals surface area contributed by atoms with E-state index in [0.717, 1.165) is 5.69 Å². The second-order valence-corrected chi connectivity index (χ2v) is 6.69. The Labute approximate surface area is 138 Å². The molecule has 24 heavy (non-hydrogen) atoms. The number of primary amides is 1. The summed E-state index contributed by atoms with van der Waals surface area (Å²) in [5.41, 5.74) is 6.53. The predicted octanol–water partition coefficient (Wildman–Crippen LogP) is 1.77. The second-order valence-electron chi connectivity index (χ2n) is 5.00. The molecule has 0 saturated carbocycles. The van der Waals surface area contributed by atoms with Gasteiger partial charge in [0.05, 0.1) is 18.1 Å².